The van der Waals surface area contributed by atoms with E-state index in [0.717, 1.165) is 12.8 Å². The van der Waals surface area contributed by atoms with Gasteiger partial charge in [0.2, 0.25) is 15.9 Å². The molecule has 0 aromatic heterocycles. The lowest BCUT2D eigenvalue weighted by molar-refractivity contribution is -0.115. The molecule has 1 fully saturated rings. The number of nitrogens with one attached hydrogen (secondary N) is 1. The van der Waals surface area contributed by atoms with Crippen molar-refractivity contribution in [1.29, 1.82) is 0 Å². The molecule has 0 aliphatic carbocycles. The molecule has 1 aliphatic heterocycles. The number of thioether (sulfide) groups is 1. The van der Waals surface area contributed by atoms with E-state index >= 15 is 0 Å². The number of sulfonamides is 1. The number of aromatic hydroxyl groups is 1. The Morgan fingerprint density at radius 1 is 1.36 bits per heavy atom. The van der Waals surface area contributed by atoms with Gasteiger partial charge in [0, 0.05) is 25.3 Å². The molecule has 0 unspecified atom stereocenters. The van der Waals surface area contributed by atoms with Crippen molar-refractivity contribution in [3.8, 4) is 5.75 Å². The zero-order valence-corrected chi connectivity index (χ0v) is 14.0. The average Bonchev–Trinajstić information content (AvgIpc) is 3.02. The summed E-state index contributed by atoms with van der Waals surface area (Å²) in [5.41, 5.74) is 0.131. The van der Waals surface area contributed by atoms with Gasteiger partial charge in [-0.15, -0.1) is 0 Å². The molecule has 0 saturated carbocycles. The van der Waals surface area contributed by atoms with Crippen LogP contribution in [0.1, 0.15) is 19.3 Å². The van der Waals surface area contributed by atoms with Gasteiger partial charge < -0.3 is 10.4 Å². The van der Waals surface area contributed by atoms with Gasteiger partial charge in [0.1, 0.15) is 5.75 Å². The van der Waals surface area contributed by atoms with Crippen LogP contribution in [0.15, 0.2) is 23.1 Å². The van der Waals surface area contributed by atoms with Gasteiger partial charge in [0.05, 0.1) is 10.6 Å². The highest BCUT2D eigenvalue weighted by atomic mass is 32.2. The highest BCUT2D eigenvalue weighted by Crippen LogP contribution is 2.29. The van der Waals surface area contributed by atoms with Crippen LogP contribution in [0.25, 0.3) is 0 Å². The molecule has 6 nitrogen and oxygen atoms in total. The number of phenolic OH excluding ortho intramolecular Hbond substituents is 1. The fourth-order valence-electron chi connectivity index (χ4n) is 2.26. The lowest BCUT2D eigenvalue weighted by Crippen LogP contribution is -2.28. The lowest BCUT2D eigenvalue weighted by atomic mass is 10.3. The number of carbonyl (C=O) groups is 1. The van der Waals surface area contributed by atoms with Crippen LogP contribution in [0.2, 0.25) is 0 Å². The second-order valence-electron chi connectivity index (χ2n) is 5.08. The summed E-state index contributed by atoms with van der Waals surface area (Å²) in [7, 11) is -3.56. The maximum Gasteiger partial charge on any atom is 0.243 e. The molecular formula is C14H20N2O4S2. The maximum atomic E-state index is 12.5. The van der Waals surface area contributed by atoms with Gasteiger partial charge in [-0.3, -0.25) is 4.79 Å². The van der Waals surface area contributed by atoms with Crippen LogP contribution in [0.5, 0.6) is 5.75 Å². The van der Waals surface area contributed by atoms with E-state index in [-0.39, 0.29) is 22.2 Å². The molecule has 1 saturated heterocycles. The fourth-order valence-corrected chi connectivity index (χ4v) is 4.19. The Bertz CT molecular complexity index is 640. The minimum absolute atomic E-state index is 0.0902. The number of nitrogens with zero attached hydrogens (tertiary/aromatic N) is 1. The van der Waals surface area contributed by atoms with Crippen molar-refractivity contribution < 1.29 is 18.3 Å². The van der Waals surface area contributed by atoms with Crippen LogP contribution in [-0.4, -0.2) is 48.8 Å². The summed E-state index contributed by atoms with van der Waals surface area (Å²) in [6, 6.07) is 3.98. The predicted octanol–water partition coefficient (Wildman–Crippen LogP) is 1.87. The topological polar surface area (TPSA) is 86.7 Å². The summed E-state index contributed by atoms with van der Waals surface area (Å²) in [6.07, 6.45) is 3.92. The van der Waals surface area contributed by atoms with Crippen LogP contribution >= 0.6 is 11.8 Å². The lowest BCUT2D eigenvalue weighted by Gasteiger charge is -2.16. The molecule has 1 amide bonds. The molecular weight excluding hydrogens is 324 g/mol. The number of rotatable bonds is 6. The van der Waals surface area contributed by atoms with Crippen LogP contribution in [0.4, 0.5) is 5.69 Å². The Morgan fingerprint density at radius 2 is 2.05 bits per heavy atom. The van der Waals surface area contributed by atoms with Crippen LogP contribution in [0, 0.1) is 0 Å². The highest BCUT2D eigenvalue weighted by molar-refractivity contribution is 7.98. The van der Waals surface area contributed by atoms with E-state index in [4.69, 9.17) is 0 Å². The molecule has 0 radical (unpaired) electrons. The molecule has 1 aromatic rings. The first kappa shape index (κ1) is 17.1. The first-order valence-electron chi connectivity index (χ1n) is 7.07. The third-order valence-electron chi connectivity index (χ3n) is 3.48. The zero-order chi connectivity index (χ0) is 16.2. The van der Waals surface area contributed by atoms with Gasteiger partial charge in [0.15, 0.2) is 0 Å². The summed E-state index contributed by atoms with van der Waals surface area (Å²) in [5, 5.41) is 12.4. The largest absolute Gasteiger partial charge is 0.506 e. The number of carbonyl (C=O) groups excluding carboxylic acids is 1. The summed E-state index contributed by atoms with van der Waals surface area (Å²) < 4.78 is 26.4. The second-order valence-corrected chi connectivity index (χ2v) is 8.00. The van der Waals surface area contributed by atoms with Crippen molar-refractivity contribution in [2.24, 2.45) is 0 Å². The van der Waals surface area contributed by atoms with E-state index in [2.05, 4.69) is 5.32 Å². The molecule has 2 N–H and O–H groups in total. The Balaban J connectivity index is 2.21. The molecule has 0 bridgehead atoms. The van der Waals surface area contributed by atoms with Gasteiger partial charge in [-0.05, 0) is 37.3 Å². The molecule has 8 heteroatoms. The van der Waals surface area contributed by atoms with Crippen LogP contribution in [-0.2, 0) is 14.8 Å². The zero-order valence-electron chi connectivity index (χ0n) is 12.4. The SMILES string of the molecule is CSCCC(=O)Nc1cc(S(=O)(=O)N2CCCC2)ccc1O. The Kier molecular flexibility index (Phi) is 5.71. The third kappa shape index (κ3) is 3.93. The van der Waals surface area contributed by atoms with E-state index in [1.54, 1.807) is 11.8 Å². The van der Waals surface area contributed by atoms with Gasteiger partial charge in [-0.2, -0.15) is 16.1 Å². The third-order valence-corrected chi connectivity index (χ3v) is 5.99. The number of hydrogen-bond acceptors (Lipinski definition) is 5. The second kappa shape index (κ2) is 7.34. The van der Waals surface area contributed by atoms with Crippen molar-refractivity contribution in [2.75, 3.05) is 30.4 Å². The first-order valence-corrected chi connectivity index (χ1v) is 9.90. The number of phenols is 1. The number of benzene rings is 1. The summed E-state index contributed by atoms with van der Waals surface area (Å²) >= 11 is 1.54. The number of hydrogen-bond donors (Lipinski definition) is 2. The summed E-state index contributed by atoms with van der Waals surface area (Å²) in [5.74, 6) is 0.275. The van der Waals surface area contributed by atoms with E-state index in [0.29, 0.717) is 25.3 Å². The number of amides is 1. The maximum absolute atomic E-state index is 12.5. The molecule has 1 aliphatic rings. The van der Waals surface area contributed by atoms with Crippen molar-refractivity contribution >= 4 is 33.4 Å². The van der Waals surface area contributed by atoms with E-state index in [1.165, 1.54) is 22.5 Å². The standard InChI is InChI=1S/C14H20N2O4S2/c1-21-9-6-14(18)15-12-10-11(4-5-13(12)17)22(19,20)16-7-2-3-8-16/h4-5,10,17H,2-3,6-9H2,1H3,(H,15,18). The smallest absolute Gasteiger partial charge is 0.243 e. The number of anilines is 1. The molecule has 2 rings (SSSR count). The van der Waals surface area contributed by atoms with E-state index in [9.17, 15) is 18.3 Å². The van der Waals surface area contributed by atoms with Crippen molar-refractivity contribution in [3.63, 3.8) is 0 Å². The summed E-state index contributed by atoms with van der Waals surface area (Å²) in [6.45, 7) is 1.03. The molecule has 0 spiro atoms. The van der Waals surface area contributed by atoms with Gasteiger partial charge in [-0.1, -0.05) is 0 Å². The van der Waals surface area contributed by atoms with Crippen molar-refractivity contribution in [2.45, 2.75) is 24.2 Å². The molecule has 0 atom stereocenters. The Labute approximate surface area is 134 Å². The van der Waals surface area contributed by atoms with E-state index in [1.807, 2.05) is 6.26 Å². The summed E-state index contributed by atoms with van der Waals surface area (Å²) in [4.78, 5) is 11.8. The normalized spacial score (nSPS) is 15.9. The quantitative estimate of drug-likeness (QED) is 0.769. The van der Waals surface area contributed by atoms with Gasteiger partial charge in [-0.25, -0.2) is 8.42 Å². The molecule has 1 heterocycles. The fraction of sp³-hybridized carbons (Fsp3) is 0.500. The van der Waals surface area contributed by atoms with Crippen LogP contribution < -0.4 is 5.32 Å². The molecule has 1 aromatic carbocycles. The first-order chi connectivity index (χ1) is 10.4. The average molecular weight is 344 g/mol. The van der Waals surface area contributed by atoms with Gasteiger partial charge in [0.25, 0.3) is 0 Å². The van der Waals surface area contributed by atoms with Gasteiger partial charge >= 0.3 is 0 Å². The predicted molar refractivity (Wildman–Crippen MR) is 87.7 cm³/mol. The Hall–Kier alpha value is -1.25. The highest BCUT2D eigenvalue weighted by Gasteiger charge is 2.27. The monoisotopic (exact) mass is 344 g/mol. The minimum atomic E-state index is -3.56. The Morgan fingerprint density at radius 3 is 2.68 bits per heavy atom. The van der Waals surface area contributed by atoms with Crippen molar-refractivity contribution in [3.05, 3.63) is 18.2 Å². The minimum Gasteiger partial charge on any atom is -0.506 e. The van der Waals surface area contributed by atoms with E-state index < -0.39 is 10.0 Å². The van der Waals surface area contributed by atoms with Crippen LogP contribution in [0.3, 0.4) is 0 Å². The molecule has 122 valence electrons. The van der Waals surface area contributed by atoms with Crippen molar-refractivity contribution in [1.82, 2.24) is 4.31 Å². The molecule has 22 heavy (non-hydrogen) atoms.